The molecule has 0 radical (unpaired) electrons. The van der Waals surface area contributed by atoms with Crippen LogP contribution in [0.5, 0.6) is 0 Å². The minimum atomic E-state index is -0.760. The van der Waals surface area contributed by atoms with Gasteiger partial charge in [-0.3, -0.25) is 14.4 Å². The summed E-state index contributed by atoms with van der Waals surface area (Å²) in [6.45, 7) is 6.67. The van der Waals surface area contributed by atoms with Crippen LogP contribution in [0.3, 0.4) is 0 Å². The monoisotopic (exact) mass is 905 g/mol. The van der Waals surface area contributed by atoms with Crippen LogP contribution >= 0.6 is 0 Å². The number of rotatable bonds is 54. The van der Waals surface area contributed by atoms with E-state index < -0.39 is 6.10 Å². The van der Waals surface area contributed by atoms with E-state index in [1.54, 1.807) is 0 Å². The standard InChI is InChI=1S/C58H112O6/c1-4-7-10-13-16-19-21-23-25-26-27-28-29-30-31-32-34-35-37-39-42-45-48-51-57(60)63-54-55(53-62-56(59)50-47-44-41-18-15-12-9-6-3)64-58(61)52-49-46-43-40-38-36-33-24-22-20-17-14-11-8-5-2/h55H,4-54H2,1-3H3. The van der Waals surface area contributed by atoms with Gasteiger partial charge >= 0.3 is 17.9 Å². The molecule has 0 heterocycles. The molecule has 0 saturated heterocycles. The fourth-order valence-electron chi connectivity index (χ4n) is 8.98. The Bertz CT molecular complexity index is 951. The summed E-state index contributed by atoms with van der Waals surface area (Å²) in [6, 6.07) is 0. The van der Waals surface area contributed by atoms with Gasteiger partial charge in [0.1, 0.15) is 13.2 Å². The van der Waals surface area contributed by atoms with E-state index in [9.17, 15) is 14.4 Å². The van der Waals surface area contributed by atoms with Crippen molar-refractivity contribution in [2.45, 2.75) is 341 Å². The highest BCUT2D eigenvalue weighted by Crippen LogP contribution is 2.18. The van der Waals surface area contributed by atoms with Gasteiger partial charge in [-0.05, 0) is 19.3 Å². The average molecular weight is 906 g/mol. The molecule has 6 nitrogen and oxygen atoms in total. The van der Waals surface area contributed by atoms with Crippen molar-refractivity contribution in [3.8, 4) is 0 Å². The van der Waals surface area contributed by atoms with Gasteiger partial charge in [-0.15, -0.1) is 0 Å². The van der Waals surface area contributed by atoms with Crippen LogP contribution < -0.4 is 0 Å². The zero-order valence-corrected chi connectivity index (χ0v) is 43.6. The smallest absolute Gasteiger partial charge is 0.306 e. The highest BCUT2D eigenvalue weighted by atomic mass is 16.6. The lowest BCUT2D eigenvalue weighted by atomic mass is 10.0. The molecule has 0 saturated carbocycles. The van der Waals surface area contributed by atoms with Gasteiger partial charge in [0.25, 0.3) is 0 Å². The normalized spacial score (nSPS) is 11.9. The molecule has 0 amide bonds. The number of unbranched alkanes of at least 4 members (excludes halogenated alkanes) is 43. The van der Waals surface area contributed by atoms with E-state index in [1.807, 2.05) is 0 Å². The highest BCUT2D eigenvalue weighted by Gasteiger charge is 2.19. The lowest BCUT2D eigenvalue weighted by molar-refractivity contribution is -0.167. The third-order valence-electron chi connectivity index (χ3n) is 13.4. The van der Waals surface area contributed by atoms with E-state index in [1.165, 1.54) is 238 Å². The summed E-state index contributed by atoms with van der Waals surface area (Å²) in [7, 11) is 0. The Morgan fingerprint density at radius 1 is 0.250 bits per heavy atom. The SMILES string of the molecule is CCCCCCCCCCCCCCCCCCCCCCCCCC(=O)OCC(COC(=O)CCCCCCCCCC)OC(=O)CCCCCCCCCCCCCCCCC. The van der Waals surface area contributed by atoms with Crippen LogP contribution in [0.1, 0.15) is 335 Å². The van der Waals surface area contributed by atoms with Crippen molar-refractivity contribution < 1.29 is 28.6 Å². The summed E-state index contributed by atoms with van der Waals surface area (Å²) in [6.07, 6.45) is 59.7. The number of hydrogen-bond donors (Lipinski definition) is 0. The second kappa shape index (κ2) is 54.0. The quantitative estimate of drug-likeness (QED) is 0.0344. The van der Waals surface area contributed by atoms with E-state index in [4.69, 9.17) is 14.2 Å². The van der Waals surface area contributed by atoms with Gasteiger partial charge in [-0.25, -0.2) is 0 Å². The molecule has 0 spiro atoms. The topological polar surface area (TPSA) is 78.9 Å². The fourth-order valence-corrected chi connectivity index (χ4v) is 8.98. The molecule has 0 aliphatic rings. The number of esters is 3. The number of hydrogen-bond acceptors (Lipinski definition) is 6. The molecule has 1 atom stereocenters. The van der Waals surface area contributed by atoms with E-state index in [0.29, 0.717) is 19.3 Å². The Kier molecular flexibility index (Phi) is 52.7. The van der Waals surface area contributed by atoms with Crippen molar-refractivity contribution >= 4 is 17.9 Å². The zero-order valence-electron chi connectivity index (χ0n) is 43.6. The van der Waals surface area contributed by atoms with Crippen LogP contribution in [0.4, 0.5) is 0 Å². The molecule has 0 aromatic rings. The second-order valence-electron chi connectivity index (χ2n) is 19.9. The molecule has 0 aliphatic carbocycles. The molecule has 1 unspecified atom stereocenters. The van der Waals surface area contributed by atoms with E-state index in [2.05, 4.69) is 20.8 Å². The summed E-state index contributed by atoms with van der Waals surface area (Å²) in [4.78, 5) is 38.0. The van der Waals surface area contributed by atoms with Crippen molar-refractivity contribution in [3.05, 3.63) is 0 Å². The molecule has 0 fully saturated rings. The lowest BCUT2D eigenvalue weighted by Gasteiger charge is -2.18. The largest absolute Gasteiger partial charge is 0.462 e. The van der Waals surface area contributed by atoms with Crippen LogP contribution in [0.15, 0.2) is 0 Å². The summed E-state index contributed by atoms with van der Waals surface area (Å²) in [5.74, 6) is -0.840. The molecule has 0 rings (SSSR count). The average Bonchev–Trinajstić information content (AvgIpc) is 3.29. The molecule has 64 heavy (non-hydrogen) atoms. The minimum absolute atomic E-state index is 0.0617. The van der Waals surface area contributed by atoms with Gasteiger partial charge in [0.15, 0.2) is 6.10 Å². The molecule has 0 bridgehead atoms. The highest BCUT2D eigenvalue weighted by molar-refractivity contribution is 5.71. The Hall–Kier alpha value is -1.59. The lowest BCUT2D eigenvalue weighted by Crippen LogP contribution is -2.30. The van der Waals surface area contributed by atoms with E-state index in [-0.39, 0.29) is 31.1 Å². The Morgan fingerprint density at radius 2 is 0.422 bits per heavy atom. The molecular weight excluding hydrogens is 793 g/mol. The van der Waals surface area contributed by atoms with Gasteiger partial charge in [0.05, 0.1) is 0 Å². The first-order valence-corrected chi connectivity index (χ1v) is 29.0. The van der Waals surface area contributed by atoms with Gasteiger partial charge < -0.3 is 14.2 Å². The summed E-state index contributed by atoms with van der Waals surface area (Å²) < 4.78 is 16.8. The molecule has 0 aliphatic heterocycles. The summed E-state index contributed by atoms with van der Waals surface area (Å²) in [5.41, 5.74) is 0. The Morgan fingerprint density at radius 3 is 0.625 bits per heavy atom. The fraction of sp³-hybridized carbons (Fsp3) is 0.948. The predicted molar refractivity (Wildman–Crippen MR) is 275 cm³/mol. The second-order valence-corrected chi connectivity index (χ2v) is 19.9. The van der Waals surface area contributed by atoms with Crippen molar-refractivity contribution in [2.75, 3.05) is 13.2 Å². The molecule has 0 N–H and O–H groups in total. The van der Waals surface area contributed by atoms with Crippen LogP contribution in [0, 0.1) is 0 Å². The van der Waals surface area contributed by atoms with E-state index >= 15 is 0 Å². The zero-order chi connectivity index (χ0) is 46.5. The van der Waals surface area contributed by atoms with Gasteiger partial charge in [0, 0.05) is 19.3 Å². The first-order chi connectivity index (χ1) is 31.5. The van der Waals surface area contributed by atoms with Crippen LogP contribution in [0.25, 0.3) is 0 Å². The third-order valence-corrected chi connectivity index (χ3v) is 13.4. The maximum Gasteiger partial charge on any atom is 0.306 e. The first kappa shape index (κ1) is 62.4. The summed E-state index contributed by atoms with van der Waals surface area (Å²) in [5, 5.41) is 0. The molecule has 0 aromatic heterocycles. The molecule has 380 valence electrons. The molecular formula is C58H112O6. The Labute approximate surface area is 399 Å². The maximum atomic E-state index is 12.8. The number of carbonyl (C=O) groups excluding carboxylic acids is 3. The molecule has 0 aromatic carbocycles. The minimum Gasteiger partial charge on any atom is -0.462 e. The third kappa shape index (κ3) is 51.4. The van der Waals surface area contributed by atoms with Crippen LogP contribution in [-0.2, 0) is 28.6 Å². The number of ether oxygens (including phenoxy) is 3. The van der Waals surface area contributed by atoms with Crippen LogP contribution in [0.2, 0.25) is 0 Å². The van der Waals surface area contributed by atoms with Crippen molar-refractivity contribution in [2.24, 2.45) is 0 Å². The van der Waals surface area contributed by atoms with Crippen LogP contribution in [-0.4, -0.2) is 37.2 Å². The first-order valence-electron chi connectivity index (χ1n) is 29.0. The van der Waals surface area contributed by atoms with Crippen molar-refractivity contribution in [3.63, 3.8) is 0 Å². The predicted octanol–water partition coefficient (Wildman–Crippen LogP) is 19.2. The van der Waals surface area contributed by atoms with Crippen molar-refractivity contribution in [1.82, 2.24) is 0 Å². The number of carbonyl (C=O) groups is 3. The van der Waals surface area contributed by atoms with E-state index in [0.717, 1.165) is 57.8 Å². The van der Waals surface area contributed by atoms with Gasteiger partial charge in [0.2, 0.25) is 0 Å². The molecule has 6 heteroatoms. The summed E-state index contributed by atoms with van der Waals surface area (Å²) >= 11 is 0. The van der Waals surface area contributed by atoms with Crippen molar-refractivity contribution in [1.29, 1.82) is 0 Å². The van der Waals surface area contributed by atoms with Gasteiger partial charge in [-0.2, -0.15) is 0 Å². The van der Waals surface area contributed by atoms with Gasteiger partial charge in [-0.1, -0.05) is 297 Å². The Balaban J connectivity index is 4.11. The maximum absolute atomic E-state index is 12.8.